The van der Waals surface area contributed by atoms with Gasteiger partial charge in [-0.3, -0.25) is 0 Å². The van der Waals surface area contributed by atoms with Crippen LogP contribution >= 0.6 is 0 Å². The molecule has 0 spiro atoms. The first-order valence-corrected chi connectivity index (χ1v) is 6.89. The highest BCUT2D eigenvalue weighted by Crippen LogP contribution is 2.18. The summed E-state index contributed by atoms with van der Waals surface area (Å²) in [6.07, 6.45) is 2.83. The molecular weight excluding hydrogens is 242 g/mol. The van der Waals surface area contributed by atoms with Crippen LogP contribution in [0.2, 0.25) is 0 Å². The lowest BCUT2D eigenvalue weighted by Gasteiger charge is -2.12. The van der Waals surface area contributed by atoms with Crippen LogP contribution in [0, 0.1) is 0 Å². The number of aliphatic hydroxyl groups is 1. The Labute approximate surface area is 115 Å². The Bertz CT molecular complexity index is 331. The van der Waals surface area contributed by atoms with Crippen LogP contribution < -0.4 is 10.1 Å². The van der Waals surface area contributed by atoms with Crippen LogP contribution in [0.4, 0.5) is 0 Å². The molecule has 0 atom stereocenters. The number of rotatable bonds is 11. The van der Waals surface area contributed by atoms with Crippen molar-refractivity contribution in [1.82, 2.24) is 5.32 Å². The normalized spacial score (nSPS) is 10.6. The number of ether oxygens (including phenoxy) is 2. The second-order valence-electron chi connectivity index (χ2n) is 4.41. The number of para-hydroxylation sites is 1. The first-order chi connectivity index (χ1) is 9.38. The lowest BCUT2D eigenvalue weighted by Crippen LogP contribution is -2.19. The molecule has 2 N–H and O–H groups in total. The number of hydrogen-bond acceptors (Lipinski definition) is 4. The van der Waals surface area contributed by atoms with Crippen LogP contribution in [0.15, 0.2) is 24.3 Å². The van der Waals surface area contributed by atoms with Gasteiger partial charge in [0, 0.05) is 32.4 Å². The van der Waals surface area contributed by atoms with Gasteiger partial charge in [0.05, 0.1) is 13.2 Å². The molecule has 108 valence electrons. The Hall–Kier alpha value is -1.10. The molecule has 19 heavy (non-hydrogen) atoms. The molecule has 4 nitrogen and oxygen atoms in total. The number of benzene rings is 1. The average Bonchev–Trinajstić information content (AvgIpc) is 2.45. The first kappa shape index (κ1) is 16.0. The predicted octanol–water partition coefficient (Wildman–Crippen LogP) is 1.96. The summed E-state index contributed by atoms with van der Waals surface area (Å²) in [5.41, 5.74) is 1.17. The molecule has 0 heterocycles. The number of hydrogen-bond donors (Lipinski definition) is 2. The largest absolute Gasteiger partial charge is 0.493 e. The van der Waals surface area contributed by atoms with E-state index in [2.05, 4.69) is 11.4 Å². The van der Waals surface area contributed by atoms with E-state index < -0.39 is 0 Å². The van der Waals surface area contributed by atoms with Crippen molar-refractivity contribution in [3.63, 3.8) is 0 Å². The molecule has 0 unspecified atom stereocenters. The summed E-state index contributed by atoms with van der Waals surface area (Å²) in [5, 5.41) is 12.0. The number of nitrogens with one attached hydrogen (secondary N) is 1. The second-order valence-corrected chi connectivity index (χ2v) is 4.41. The molecule has 1 aromatic carbocycles. The van der Waals surface area contributed by atoms with E-state index in [1.807, 2.05) is 18.2 Å². The van der Waals surface area contributed by atoms with E-state index in [4.69, 9.17) is 14.6 Å². The van der Waals surface area contributed by atoms with Gasteiger partial charge in [-0.1, -0.05) is 18.2 Å². The van der Waals surface area contributed by atoms with Crippen molar-refractivity contribution < 1.29 is 14.6 Å². The van der Waals surface area contributed by atoms with Gasteiger partial charge in [0.2, 0.25) is 0 Å². The third-order valence-electron chi connectivity index (χ3n) is 2.83. The Kier molecular flexibility index (Phi) is 9.06. The predicted molar refractivity (Wildman–Crippen MR) is 76.5 cm³/mol. The van der Waals surface area contributed by atoms with E-state index in [-0.39, 0.29) is 6.61 Å². The van der Waals surface area contributed by atoms with E-state index in [9.17, 15) is 0 Å². The molecule has 0 aromatic heterocycles. The molecule has 1 aromatic rings. The van der Waals surface area contributed by atoms with Crippen molar-refractivity contribution in [3.8, 4) is 5.75 Å². The Morgan fingerprint density at radius 2 is 1.95 bits per heavy atom. The van der Waals surface area contributed by atoms with Crippen LogP contribution in [0.5, 0.6) is 5.75 Å². The minimum Gasteiger partial charge on any atom is -0.493 e. The van der Waals surface area contributed by atoms with Gasteiger partial charge in [0.15, 0.2) is 0 Å². The van der Waals surface area contributed by atoms with Gasteiger partial charge in [-0.15, -0.1) is 0 Å². The van der Waals surface area contributed by atoms with E-state index in [1.165, 1.54) is 5.56 Å². The number of methoxy groups -OCH3 is 1. The molecule has 0 aliphatic rings. The first-order valence-electron chi connectivity index (χ1n) is 6.89. The minimum atomic E-state index is 0.264. The summed E-state index contributed by atoms with van der Waals surface area (Å²) in [7, 11) is 1.70. The van der Waals surface area contributed by atoms with Crippen molar-refractivity contribution in [2.24, 2.45) is 0 Å². The van der Waals surface area contributed by atoms with Crippen molar-refractivity contribution in [2.45, 2.75) is 25.8 Å². The summed E-state index contributed by atoms with van der Waals surface area (Å²) in [5.74, 6) is 0.941. The summed E-state index contributed by atoms with van der Waals surface area (Å²) in [6, 6.07) is 8.08. The van der Waals surface area contributed by atoms with Crippen molar-refractivity contribution in [3.05, 3.63) is 29.8 Å². The van der Waals surface area contributed by atoms with Crippen LogP contribution in [-0.2, 0) is 11.3 Å². The lowest BCUT2D eigenvalue weighted by atomic mass is 10.2. The average molecular weight is 267 g/mol. The molecule has 0 saturated carbocycles. The highest BCUT2D eigenvalue weighted by Gasteiger charge is 2.02. The fourth-order valence-corrected chi connectivity index (χ4v) is 1.76. The van der Waals surface area contributed by atoms with Gasteiger partial charge in [0.25, 0.3) is 0 Å². The highest BCUT2D eigenvalue weighted by molar-refractivity contribution is 5.33. The van der Waals surface area contributed by atoms with E-state index in [0.717, 1.165) is 38.1 Å². The van der Waals surface area contributed by atoms with E-state index in [0.29, 0.717) is 13.2 Å². The fraction of sp³-hybridized carbons (Fsp3) is 0.600. The SMILES string of the molecule is COCCNCc1ccccc1OCCCCCO. The number of unbranched alkanes of at least 4 members (excludes halogenated alkanes) is 2. The Balaban J connectivity index is 2.31. The van der Waals surface area contributed by atoms with Gasteiger partial charge in [-0.25, -0.2) is 0 Å². The molecule has 0 bridgehead atoms. The van der Waals surface area contributed by atoms with Crippen molar-refractivity contribution in [1.29, 1.82) is 0 Å². The maximum atomic E-state index is 8.71. The molecule has 0 aliphatic carbocycles. The Morgan fingerprint density at radius 3 is 2.74 bits per heavy atom. The van der Waals surface area contributed by atoms with E-state index in [1.54, 1.807) is 7.11 Å². The van der Waals surface area contributed by atoms with Gasteiger partial charge in [-0.2, -0.15) is 0 Å². The topological polar surface area (TPSA) is 50.7 Å². The lowest BCUT2D eigenvalue weighted by molar-refractivity contribution is 0.199. The highest BCUT2D eigenvalue weighted by atomic mass is 16.5. The monoisotopic (exact) mass is 267 g/mol. The standard InChI is InChI=1S/C15H25NO3/c1-18-12-9-16-13-14-7-3-4-8-15(14)19-11-6-2-5-10-17/h3-4,7-8,16-17H,2,5-6,9-13H2,1H3. The summed E-state index contributed by atoms with van der Waals surface area (Å²) >= 11 is 0. The van der Waals surface area contributed by atoms with Crippen molar-refractivity contribution >= 4 is 0 Å². The maximum absolute atomic E-state index is 8.71. The molecule has 0 radical (unpaired) electrons. The fourth-order valence-electron chi connectivity index (χ4n) is 1.76. The minimum absolute atomic E-state index is 0.264. The second kappa shape index (κ2) is 10.8. The maximum Gasteiger partial charge on any atom is 0.123 e. The van der Waals surface area contributed by atoms with Crippen LogP contribution in [0.1, 0.15) is 24.8 Å². The molecule has 0 saturated heterocycles. The van der Waals surface area contributed by atoms with Gasteiger partial charge >= 0.3 is 0 Å². The summed E-state index contributed by atoms with van der Waals surface area (Å²) < 4.78 is 10.8. The van der Waals surface area contributed by atoms with Gasteiger partial charge < -0.3 is 19.9 Å². The molecule has 0 amide bonds. The smallest absolute Gasteiger partial charge is 0.123 e. The van der Waals surface area contributed by atoms with E-state index >= 15 is 0 Å². The molecule has 1 rings (SSSR count). The van der Waals surface area contributed by atoms with Crippen LogP contribution in [0.3, 0.4) is 0 Å². The van der Waals surface area contributed by atoms with Crippen molar-refractivity contribution in [2.75, 3.05) is 33.5 Å². The molecule has 4 heteroatoms. The zero-order chi connectivity index (χ0) is 13.8. The van der Waals surface area contributed by atoms with Crippen LogP contribution in [-0.4, -0.2) is 38.6 Å². The zero-order valence-electron chi connectivity index (χ0n) is 11.7. The zero-order valence-corrected chi connectivity index (χ0v) is 11.7. The summed E-state index contributed by atoms with van der Waals surface area (Å²) in [6.45, 7) is 3.30. The summed E-state index contributed by atoms with van der Waals surface area (Å²) in [4.78, 5) is 0. The quantitative estimate of drug-likeness (QED) is 0.602. The van der Waals surface area contributed by atoms with Gasteiger partial charge in [0.1, 0.15) is 5.75 Å². The Morgan fingerprint density at radius 1 is 1.11 bits per heavy atom. The van der Waals surface area contributed by atoms with Crippen LogP contribution in [0.25, 0.3) is 0 Å². The third-order valence-corrected chi connectivity index (χ3v) is 2.83. The number of aliphatic hydroxyl groups excluding tert-OH is 1. The molecular formula is C15H25NO3. The molecule has 0 aliphatic heterocycles. The molecule has 0 fully saturated rings. The third kappa shape index (κ3) is 7.15. The van der Waals surface area contributed by atoms with Gasteiger partial charge in [-0.05, 0) is 25.3 Å².